The Hall–Kier alpha value is -1.40. The van der Waals surface area contributed by atoms with Crippen molar-refractivity contribution in [1.82, 2.24) is 15.1 Å². The molecule has 1 aromatic rings. The van der Waals surface area contributed by atoms with Gasteiger partial charge in [-0.25, -0.2) is 0 Å². The lowest BCUT2D eigenvalue weighted by atomic mass is 9.95. The van der Waals surface area contributed by atoms with E-state index in [4.69, 9.17) is 0 Å². The zero-order valence-corrected chi connectivity index (χ0v) is 15.8. The van der Waals surface area contributed by atoms with Gasteiger partial charge in [-0.15, -0.1) is 0 Å². The highest BCUT2D eigenvalue weighted by molar-refractivity contribution is 7.07. The summed E-state index contributed by atoms with van der Waals surface area (Å²) < 4.78 is 0. The first-order chi connectivity index (χ1) is 11.6. The molecule has 134 valence electrons. The van der Waals surface area contributed by atoms with Crippen LogP contribution in [0.2, 0.25) is 0 Å². The smallest absolute Gasteiger partial charge is 0.223 e. The quantitative estimate of drug-likeness (QED) is 0.821. The van der Waals surface area contributed by atoms with Crippen molar-refractivity contribution in [3.8, 4) is 0 Å². The van der Waals surface area contributed by atoms with E-state index in [0.29, 0.717) is 19.6 Å². The second-order valence-electron chi connectivity index (χ2n) is 6.32. The molecule has 1 aliphatic heterocycles. The molecule has 24 heavy (non-hydrogen) atoms. The molecule has 6 heteroatoms. The van der Waals surface area contributed by atoms with Crippen LogP contribution in [0.25, 0.3) is 0 Å². The summed E-state index contributed by atoms with van der Waals surface area (Å²) in [6.45, 7) is 9.85. The number of nitrogens with zero attached hydrogens (tertiary/aromatic N) is 2. The van der Waals surface area contributed by atoms with Crippen LogP contribution in [0.5, 0.6) is 0 Å². The van der Waals surface area contributed by atoms with Crippen LogP contribution in [0.1, 0.15) is 45.2 Å². The Morgan fingerprint density at radius 1 is 1.33 bits per heavy atom. The summed E-state index contributed by atoms with van der Waals surface area (Å²) in [5.74, 6) is 0.263. The largest absolute Gasteiger partial charge is 0.354 e. The van der Waals surface area contributed by atoms with Crippen molar-refractivity contribution in [3.05, 3.63) is 22.4 Å². The lowest BCUT2D eigenvalue weighted by Gasteiger charge is -2.32. The summed E-state index contributed by atoms with van der Waals surface area (Å²) >= 11 is 1.69. The molecule has 5 nitrogen and oxygen atoms in total. The van der Waals surface area contributed by atoms with Crippen LogP contribution in [0.15, 0.2) is 16.8 Å². The maximum Gasteiger partial charge on any atom is 0.223 e. The number of likely N-dealkylation sites (N-methyl/N-ethyl adjacent to an activating group) is 1. The summed E-state index contributed by atoms with van der Waals surface area (Å²) in [6.07, 6.45) is 1.53. The number of amides is 2. The van der Waals surface area contributed by atoms with Crippen LogP contribution >= 0.6 is 11.3 Å². The molecule has 0 bridgehead atoms. The molecule has 0 aliphatic carbocycles. The Morgan fingerprint density at radius 2 is 2.00 bits per heavy atom. The van der Waals surface area contributed by atoms with Gasteiger partial charge in [0.1, 0.15) is 0 Å². The molecule has 0 radical (unpaired) electrons. The van der Waals surface area contributed by atoms with E-state index in [1.165, 1.54) is 5.56 Å². The third-order valence-corrected chi connectivity index (χ3v) is 5.66. The van der Waals surface area contributed by atoms with E-state index < -0.39 is 0 Å². The number of rotatable bonds is 7. The van der Waals surface area contributed by atoms with Gasteiger partial charge in [-0.3, -0.25) is 14.5 Å². The van der Waals surface area contributed by atoms with Crippen LogP contribution in [0, 0.1) is 5.92 Å². The third kappa shape index (κ3) is 4.80. The van der Waals surface area contributed by atoms with E-state index in [0.717, 1.165) is 25.9 Å². The molecule has 2 amide bonds. The van der Waals surface area contributed by atoms with Crippen LogP contribution in [0.4, 0.5) is 0 Å². The number of nitrogens with one attached hydrogen (secondary N) is 1. The molecule has 0 aromatic carbocycles. The molecule has 0 saturated carbocycles. The predicted molar refractivity (Wildman–Crippen MR) is 98.0 cm³/mol. The van der Waals surface area contributed by atoms with Gasteiger partial charge in [0.2, 0.25) is 11.8 Å². The molecular weight excluding hydrogens is 322 g/mol. The van der Waals surface area contributed by atoms with Crippen LogP contribution in [-0.4, -0.2) is 54.3 Å². The third-order valence-electron chi connectivity index (χ3n) is 4.96. The molecular formula is C18H29N3O2S. The van der Waals surface area contributed by atoms with Gasteiger partial charge in [0.15, 0.2) is 0 Å². The topological polar surface area (TPSA) is 52.7 Å². The van der Waals surface area contributed by atoms with Crippen molar-refractivity contribution in [2.75, 3.05) is 32.7 Å². The molecule has 1 N–H and O–H groups in total. The summed E-state index contributed by atoms with van der Waals surface area (Å²) in [6, 6.07) is 2.37. The van der Waals surface area contributed by atoms with E-state index in [1.54, 1.807) is 18.3 Å². The number of likely N-dealkylation sites (tertiary alicyclic amines) is 1. The fraction of sp³-hybridized carbons (Fsp3) is 0.667. The lowest BCUT2D eigenvalue weighted by molar-refractivity contribution is -0.134. The average molecular weight is 352 g/mol. The van der Waals surface area contributed by atoms with Gasteiger partial charge in [-0.2, -0.15) is 11.3 Å². The number of carbonyl (C=O) groups is 2. The van der Waals surface area contributed by atoms with Crippen molar-refractivity contribution < 1.29 is 9.59 Å². The highest BCUT2D eigenvalue weighted by Gasteiger charge is 2.27. The SMILES string of the molecule is CCN(CC)[C@H](CNC(=O)C1CCN(C(C)=O)CC1)c1ccsc1. The van der Waals surface area contributed by atoms with Gasteiger partial charge in [0.25, 0.3) is 0 Å². The van der Waals surface area contributed by atoms with Crippen molar-refractivity contribution in [2.45, 2.75) is 39.7 Å². The van der Waals surface area contributed by atoms with E-state index in [2.05, 4.69) is 40.9 Å². The first-order valence-corrected chi connectivity index (χ1v) is 9.80. The zero-order valence-electron chi connectivity index (χ0n) is 15.0. The Morgan fingerprint density at radius 3 is 2.50 bits per heavy atom. The monoisotopic (exact) mass is 351 g/mol. The number of thiophene rings is 1. The van der Waals surface area contributed by atoms with Gasteiger partial charge in [0, 0.05) is 32.5 Å². The van der Waals surface area contributed by atoms with Gasteiger partial charge < -0.3 is 10.2 Å². The summed E-state index contributed by atoms with van der Waals surface area (Å²) in [7, 11) is 0. The van der Waals surface area contributed by atoms with Crippen molar-refractivity contribution in [2.24, 2.45) is 5.92 Å². The molecule has 0 spiro atoms. The van der Waals surface area contributed by atoms with Crippen LogP contribution in [-0.2, 0) is 9.59 Å². The average Bonchev–Trinajstić information content (AvgIpc) is 3.12. The Kier molecular flexibility index (Phi) is 7.24. The molecule has 1 aliphatic rings. The molecule has 1 aromatic heterocycles. The molecule has 0 unspecified atom stereocenters. The van der Waals surface area contributed by atoms with E-state index >= 15 is 0 Å². The minimum atomic E-state index is 0.0282. The highest BCUT2D eigenvalue weighted by atomic mass is 32.1. The second-order valence-corrected chi connectivity index (χ2v) is 7.10. The van der Waals surface area contributed by atoms with Crippen molar-refractivity contribution in [3.63, 3.8) is 0 Å². The molecule has 2 heterocycles. The number of hydrogen-bond acceptors (Lipinski definition) is 4. The molecule has 2 rings (SSSR count). The first kappa shape index (κ1) is 18.9. The standard InChI is InChI=1S/C18H29N3O2S/c1-4-20(5-2)17(16-8-11-24-13-16)12-19-18(23)15-6-9-21(10-7-15)14(3)22/h8,11,13,15,17H,4-7,9-10,12H2,1-3H3,(H,19,23)/t17-/m1/s1. The van der Waals surface area contributed by atoms with Gasteiger partial charge in [0.05, 0.1) is 6.04 Å². The van der Waals surface area contributed by atoms with Gasteiger partial charge >= 0.3 is 0 Å². The van der Waals surface area contributed by atoms with E-state index in [9.17, 15) is 9.59 Å². The Bertz CT molecular complexity index is 520. The normalized spacial score (nSPS) is 17.1. The molecule has 1 saturated heterocycles. The van der Waals surface area contributed by atoms with Gasteiger partial charge in [-0.05, 0) is 48.3 Å². The second kappa shape index (κ2) is 9.18. The zero-order chi connectivity index (χ0) is 17.5. The molecule has 1 fully saturated rings. The van der Waals surface area contributed by atoms with Crippen LogP contribution in [0.3, 0.4) is 0 Å². The Balaban J connectivity index is 1.90. The fourth-order valence-electron chi connectivity index (χ4n) is 3.38. The fourth-order valence-corrected chi connectivity index (χ4v) is 4.09. The minimum Gasteiger partial charge on any atom is -0.354 e. The van der Waals surface area contributed by atoms with Crippen molar-refractivity contribution >= 4 is 23.2 Å². The highest BCUT2D eigenvalue weighted by Crippen LogP contribution is 2.23. The van der Waals surface area contributed by atoms with E-state index in [-0.39, 0.29) is 23.8 Å². The minimum absolute atomic E-state index is 0.0282. The lowest BCUT2D eigenvalue weighted by Crippen LogP contribution is -2.44. The maximum atomic E-state index is 12.5. The van der Waals surface area contributed by atoms with Gasteiger partial charge in [-0.1, -0.05) is 13.8 Å². The summed E-state index contributed by atoms with van der Waals surface area (Å²) in [4.78, 5) is 28.1. The first-order valence-electron chi connectivity index (χ1n) is 8.86. The summed E-state index contributed by atoms with van der Waals surface area (Å²) in [5, 5.41) is 7.41. The molecule has 1 atom stereocenters. The number of piperidine rings is 1. The van der Waals surface area contributed by atoms with Crippen LogP contribution < -0.4 is 5.32 Å². The maximum absolute atomic E-state index is 12.5. The predicted octanol–water partition coefficient (Wildman–Crippen LogP) is 2.51. The Labute approximate surface area is 149 Å². The number of carbonyl (C=O) groups excluding carboxylic acids is 2. The summed E-state index contributed by atoms with van der Waals surface area (Å²) in [5.41, 5.74) is 1.27. The van der Waals surface area contributed by atoms with E-state index in [1.807, 2.05) is 4.90 Å². The number of hydrogen-bond donors (Lipinski definition) is 1. The van der Waals surface area contributed by atoms with Crippen molar-refractivity contribution in [1.29, 1.82) is 0 Å².